The van der Waals surface area contributed by atoms with Gasteiger partial charge in [0.2, 0.25) is 0 Å². The molecule has 1 amide bonds. The number of ether oxygens (including phenoxy) is 3. The molecule has 1 fully saturated rings. The van der Waals surface area contributed by atoms with Crippen molar-refractivity contribution in [2.45, 2.75) is 19.9 Å². The second kappa shape index (κ2) is 10.6. The fraction of sp³-hybridized carbons (Fsp3) is 0.286. The van der Waals surface area contributed by atoms with Gasteiger partial charge in [0.15, 0.2) is 0 Å². The molecule has 35 heavy (non-hydrogen) atoms. The van der Waals surface area contributed by atoms with Crippen molar-refractivity contribution in [2.24, 2.45) is 0 Å². The summed E-state index contributed by atoms with van der Waals surface area (Å²) in [4.78, 5) is 28.0. The van der Waals surface area contributed by atoms with E-state index < -0.39 is 17.7 Å². The molecular formula is C28H29NO6. The maximum absolute atomic E-state index is 13.3. The molecule has 1 N–H and O–H groups in total. The maximum atomic E-state index is 13.3. The van der Waals surface area contributed by atoms with E-state index in [1.165, 1.54) is 12.0 Å². The van der Waals surface area contributed by atoms with E-state index in [2.05, 4.69) is 0 Å². The van der Waals surface area contributed by atoms with Crippen LogP contribution < -0.4 is 9.47 Å². The monoisotopic (exact) mass is 475 g/mol. The second-order valence-electron chi connectivity index (χ2n) is 8.08. The van der Waals surface area contributed by atoms with E-state index in [1.807, 2.05) is 56.3 Å². The van der Waals surface area contributed by atoms with Crippen LogP contribution in [0.4, 0.5) is 0 Å². The van der Waals surface area contributed by atoms with E-state index in [4.69, 9.17) is 14.2 Å². The molecule has 7 nitrogen and oxygen atoms in total. The lowest BCUT2D eigenvalue weighted by atomic mass is 9.91. The molecule has 0 radical (unpaired) electrons. The molecular weight excluding hydrogens is 446 g/mol. The van der Waals surface area contributed by atoms with Crippen molar-refractivity contribution in [3.63, 3.8) is 0 Å². The van der Waals surface area contributed by atoms with Gasteiger partial charge < -0.3 is 24.2 Å². The van der Waals surface area contributed by atoms with E-state index in [1.54, 1.807) is 18.2 Å². The van der Waals surface area contributed by atoms with Crippen molar-refractivity contribution in [3.8, 4) is 11.5 Å². The molecule has 3 aromatic rings. The number of hydrogen-bond acceptors (Lipinski definition) is 6. The largest absolute Gasteiger partial charge is 0.507 e. The van der Waals surface area contributed by atoms with E-state index in [-0.39, 0.29) is 24.5 Å². The van der Waals surface area contributed by atoms with Crippen LogP contribution in [0.5, 0.6) is 11.5 Å². The number of ketones is 1. The summed E-state index contributed by atoms with van der Waals surface area (Å²) >= 11 is 0. The van der Waals surface area contributed by atoms with Gasteiger partial charge in [-0.3, -0.25) is 9.59 Å². The Kier molecular flexibility index (Phi) is 7.36. The highest BCUT2D eigenvalue weighted by atomic mass is 16.5. The average Bonchev–Trinajstić information content (AvgIpc) is 3.12. The molecule has 0 spiro atoms. The molecule has 1 aliphatic rings. The Bertz CT molecular complexity index is 1280. The number of amides is 1. The van der Waals surface area contributed by atoms with Gasteiger partial charge in [-0.15, -0.1) is 0 Å². The van der Waals surface area contributed by atoms with Gasteiger partial charge in [-0.05, 0) is 42.3 Å². The lowest BCUT2D eigenvalue weighted by Crippen LogP contribution is -2.32. The zero-order valence-corrected chi connectivity index (χ0v) is 20.1. The summed E-state index contributed by atoms with van der Waals surface area (Å²) in [5, 5.41) is 13.4. The van der Waals surface area contributed by atoms with E-state index in [0.717, 1.165) is 16.3 Å². The number of benzene rings is 3. The molecule has 1 atom stereocenters. The minimum Gasteiger partial charge on any atom is -0.507 e. The molecule has 3 aromatic carbocycles. The number of likely N-dealkylation sites (tertiary alicyclic amines) is 1. The first-order valence-corrected chi connectivity index (χ1v) is 11.7. The van der Waals surface area contributed by atoms with Gasteiger partial charge in [-0.1, -0.05) is 42.5 Å². The van der Waals surface area contributed by atoms with Crippen LogP contribution in [-0.2, 0) is 14.3 Å². The number of fused-ring (bicyclic) bond motifs is 1. The Morgan fingerprint density at radius 3 is 2.46 bits per heavy atom. The molecule has 182 valence electrons. The van der Waals surface area contributed by atoms with Gasteiger partial charge in [0.05, 0.1) is 37.0 Å². The zero-order valence-electron chi connectivity index (χ0n) is 20.1. The summed E-state index contributed by atoms with van der Waals surface area (Å²) in [6.07, 6.45) is 0. The SMILES string of the molecule is CCOc1ccc(/C(O)=C2\C(=O)C(=O)N(CCOC)C2c2cccc3ccccc23)c(OCC)c1. The van der Waals surface area contributed by atoms with Crippen LogP contribution in [0, 0.1) is 0 Å². The van der Waals surface area contributed by atoms with Crippen molar-refractivity contribution in [2.75, 3.05) is 33.5 Å². The number of methoxy groups -OCH3 is 1. The molecule has 1 saturated heterocycles. The first-order valence-electron chi connectivity index (χ1n) is 11.7. The van der Waals surface area contributed by atoms with Gasteiger partial charge >= 0.3 is 0 Å². The van der Waals surface area contributed by atoms with Crippen LogP contribution in [-0.4, -0.2) is 55.2 Å². The third kappa shape index (κ3) is 4.59. The Morgan fingerprint density at radius 1 is 0.971 bits per heavy atom. The number of carbonyl (C=O) groups is 2. The minimum atomic E-state index is -0.780. The summed E-state index contributed by atoms with van der Waals surface area (Å²) in [5.41, 5.74) is 1.10. The first-order chi connectivity index (χ1) is 17.0. The average molecular weight is 476 g/mol. The summed E-state index contributed by atoms with van der Waals surface area (Å²) in [6.45, 7) is 4.99. The number of hydrogen-bond donors (Lipinski definition) is 1. The van der Waals surface area contributed by atoms with Crippen LogP contribution in [0.2, 0.25) is 0 Å². The topological polar surface area (TPSA) is 85.3 Å². The smallest absolute Gasteiger partial charge is 0.295 e. The highest BCUT2D eigenvalue weighted by Crippen LogP contribution is 2.43. The molecule has 1 aliphatic heterocycles. The van der Waals surface area contributed by atoms with Crippen LogP contribution in [0.1, 0.15) is 31.0 Å². The van der Waals surface area contributed by atoms with E-state index in [9.17, 15) is 14.7 Å². The van der Waals surface area contributed by atoms with Gasteiger partial charge in [0.1, 0.15) is 17.3 Å². The second-order valence-corrected chi connectivity index (χ2v) is 8.08. The lowest BCUT2D eigenvalue weighted by molar-refractivity contribution is -0.140. The normalized spacial score (nSPS) is 17.2. The number of rotatable bonds is 9. The highest BCUT2D eigenvalue weighted by molar-refractivity contribution is 6.46. The Hall–Kier alpha value is -3.84. The lowest BCUT2D eigenvalue weighted by Gasteiger charge is -2.26. The predicted octanol–water partition coefficient (Wildman–Crippen LogP) is 4.71. The van der Waals surface area contributed by atoms with Crippen LogP contribution in [0.25, 0.3) is 16.5 Å². The quantitative estimate of drug-likeness (QED) is 0.274. The Morgan fingerprint density at radius 2 is 1.71 bits per heavy atom. The molecule has 0 aromatic heterocycles. The van der Waals surface area contributed by atoms with Crippen LogP contribution >= 0.6 is 0 Å². The van der Waals surface area contributed by atoms with Crippen molar-refractivity contribution < 1.29 is 28.9 Å². The minimum absolute atomic E-state index is 0.0209. The number of nitrogens with zero attached hydrogens (tertiary/aromatic N) is 1. The van der Waals surface area contributed by atoms with Gasteiger partial charge in [0.25, 0.3) is 11.7 Å². The number of aliphatic hydroxyl groups excluding tert-OH is 1. The first kappa shape index (κ1) is 24.3. The summed E-state index contributed by atoms with van der Waals surface area (Å²) < 4.78 is 16.5. The van der Waals surface area contributed by atoms with Crippen molar-refractivity contribution >= 4 is 28.2 Å². The van der Waals surface area contributed by atoms with Crippen LogP contribution in [0.3, 0.4) is 0 Å². The molecule has 0 bridgehead atoms. The zero-order chi connectivity index (χ0) is 24.9. The van der Waals surface area contributed by atoms with Gasteiger partial charge in [-0.25, -0.2) is 0 Å². The summed E-state index contributed by atoms with van der Waals surface area (Å²) in [6, 6.07) is 17.7. The fourth-order valence-corrected chi connectivity index (χ4v) is 4.49. The van der Waals surface area contributed by atoms with Crippen molar-refractivity contribution in [3.05, 3.63) is 77.4 Å². The van der Waals surface area contributed by atoms with Gasteiger partial charge in [-0.2, -0.15) is 0 Å². The predicted molar refractivity (Wildman–Crippen MR) is 134 cm³/mol. The third-order valence-electron chi connectivity index (χ3n) is 6.01. The number of carbonyl (C=O) groups excluding carboxylic acids is 2. The van der Waals surface area contributed by atoms with E-state index in [0.29, 0.717) is 30.3 Å². The fourth-order valence-electron chi connectivity index (χ4n) is 4.49. The van der Waals surface area contributed by atoms with Crippen molar-refractivity contribution in [1.82, 2.24) is 4.90 Å². The highest BCUT2D eigenvalue weighted by Gasteiger charge is 2.46. The molecule has 0 saturated carbocycles. The number of Topliss-reactive ketones (excluding diaryl/α,β-unsaturated/α-hetero) is 1. The maximum Gasteiger partial charge on any atom is 0.295 e. The standard InChI is InChI=1S/C28H29NO6/c1-4-34-19-13-14-22(23(17-19)35-5-2)26(30)24-25(29(15-16-33-3)28(32)27(24)31)21-12-8-10-18-9-6-7-11-20(18)21/h6-14,17,25,30H,4-5,15-16H2,1-3H3/b26-24+. The molecule has 1 unspecified atom stereocenters. The Balaban J connectivity index is 1.94. The summed E-state index contributed by atoms with van der Waals surface area (Å²) in [5.74, 6) is -0.750. The molecule has 1 heterocycles. The third-order valence-corrected chi connectivity index (χ3v) is 6.01. The summed E-state index contributed by atoms with van der Waals surface area (Å²) in [7, 11) is 1.54. The Labute approximate surface area is 204 Å². The molecule has 0 aliphatic carbocycles. The van der Waals surface area contributed by atoms with Gasteiger partial charge in [0, 0.05) is 19.7 Å². The van der Waals surface area contributed by atoms with Crippen LogP contribution in [0.15, 0.2) is 66.2 Å². The van der Waals surface area contributed by atoms with Crippen molar-refractivity contribution in [1.29, 1.82) is 0 Å². The number of aliphatic hydroxyl groups is 1. The van der Waals surface area contributed by atoms with E-state index >= 15 is 0 Å². The molecule has 4 rings (SSSR count). The molecule has 7 heteroatoms.